The average molecular weight is 331 g/mol. The molecule has 1 aromatic heterocycles. The van der Waals surface area contributed by atoms with E-state index in [0.29, 0.717) is 13.0 Å². The largest absolute Gasteiger partial charge is 0.396 e. The summed E-state index contributed by atoms with van der Waals surface area (Å²) in [6.07, 6.45) is 0.677. The molecule has 0 aliphatic carbocycles. The molecule has 1 fully saturated rings. The predicted octanol–water partition coefficient (Wildman–Crippen LogP) is 1.66. The van der Waals surface area contributed by atoms with Crippen molar-refractivity contribution in [3.05, 3.63) is 41.0 Å². The summed E-state index contributed by atoms with van der Waals surface area (Å²) in [4.78, 5) is 16.8. The first kappa shape index (κ1) is 16.1. The lowest BCUT2D eigenvalue weighted by atomic mass is 9.84. The monoisotopic (exact) mass is 331 g/mol. The van der Waals surface area contributed by atoms with Crippen LogP contribution >= 0.6 is 11.3 Å². The third kappa shape index (κ3) is 3.29. The van der Waals surface area contributed by atoms with E-state index in [9.17, 15) is 9.90 Å². The fourth-order valence-electron chi connectivity index (χ4n) is 3.27. The van der Waals surface area contributed by atoms with Crippen LogP contribution in [0.15, 0.2) is 29.8 Å². The molecule has 3 rings (SSSR count). The van der Waals surface area contributed by atoms with E-state index < -0.39 is 0 Å². The number of nitrogens with two attached hydrogens (primary N) is 1. The molecular formula is C17H21N3O2S. The van der Waals surface area contributed by atoms with Gasteiger partial charge in [-0.1, -0.05) is 24.3 Å². The number of carbonyl (C=O) groups excluding carboxylic acids is 1. The smallest absolute Gasteiger partial charge is 0.234 e. The number of amides is 1. The van der Waals surface area contributed by atoms with Crippen molar-refractivity contribution in [3.8, 4) is 10.4 Å². The number of nitrogens with one attached hydrogen (secondary N) is 1. The van der Waals surface area contributed by atoms with Gasteiger partial charge in [0, 0.05) is 5.92 Å². The number of primary amides is 1. The zero-order valence-electron chi connectivity index (χ0n) is 13.0. The number of hydrogen-bond donors (Lipinski definition) is 3. The Balaban J connectivity index is 1.77. The molecule has 1 aliphatic rings. The second-order valence-corrected chi connectivity index (χ2v) is 6.89. The summed E-state index contributed by atoms with van der Waals surface area (Å²) in [6, 6.07) is 7.99. The maximum atomic E-state index is 11.3. The van der Waals surface area contributed by atoms with E-state index in [4.69, 9.17) is 5.73 Å². The second-order valence-electron chi connectivity index (χ2n) is 6.04. The van der Waals surface area contributed by atoms with Crippen molar-refractivity contribution in [1.29, 1.82) is 0 Å². The number of aliphatic hydroxyl groups excluding tert-OH is 1. The zero-order valence-corrected chi connectivity index (χ0v) is 13.8. The summed E-state index contributed by atoms with van der Waals surface area (Å²) < 4.78 is 0. The molecule has 1 amide bonds. The van der Waals surface area contributed by atoms with Crippen molar-refractivity contribution in [2.24, 2.45) is 11.7 Å². The fourth-order valence-corrected chi connectivity index (χ4v) is 4.09. The topological polar surface area (TPSA) is 88.2 Å². The van der Waals surface area contributed by atoms with Crippen LogP contribution in [0.5, 0.6) is 0 Å². The van der Waals surface area contributed by atoms with Crippen molar-refractivity contribution in [3.63, 3.8) is 0 Å². The standard InChI is InChI=1S/C17H21N3O2S/c1-10-16(23-9-20-10)12-4-2-11(3-5-12)14(8-21)13-6-15(17(18)22)19-7-13/h2-5,9,13-15,19,21H,6-8H2,1H3,(H2,18,22)/t13-,14+,15-/m0/s1. The van der Waals surface area contributed by atoms with Gasteiger partial charge in [0.15, 0.2) is 0 Å². The highest BCUT2D eigenvalue weighted by atomic mass is 32.1. The van der Waals surface area contributed by atoms with Gasteiger partial charge < -0.3 is 16.2 Å². The lowest BCUT2D eigenvalue weighted by molar-refractivity contribution is -0.119. The highest BCUT2D eigenvalue weighted by Crippen LogP contribution is 2.33. The van der Waals surface area contributed by atoms with Crippen LogP contribution in [0.3, 0.4) is 0 Å². The SMILES string of the molecule is Cc1ncsc1-c1ccc([C@@H](CO)[C@@H]2CN[C@H](C(N)=O)C2)cc1. The van der Waals surface area contributed by atoms with Crippen molar-refractivity contribution < 1.29 is 9.90 Å². The van der Waals surface area contributed by atoms with Gasteiger partial charge >= 0.3 is 0 Å². The number of carbonyl (C=O) groups is 1. The van der Waals surface area contributed by atoms with Crippen LogP contribution in [-0.4, -0.2) is 35.2 Å². The lowest BCUT2D eigenvalue weighted by Gasteiger charge is -2.21. The molecule has 23 heavy (non-hydrogen) atoms. The van der Waals surface area contributed by atoms with Gasteiger partial charge in [-0.25, -0.2) is 4.98 Å². The minimum absolute atomic E-state index is 0.0171. The molecule has 1 aliphatic heterocycles. The third-order valence-electron chi connectivity index (χ3n) is 4.62. The molecule has 6 heteroatoms. The Bertz CT molecular complexity index is 683. The van der Waals surface area contributed by atoms with Crippen LogP contribution in [0, 0.1) is 12.8 Å². The van der Waals surface area contributed by atoms with Crippen LogP contribution in [0.25, 0.3) is 10.4 Å². The van der Waals surface area contributed by atoms with E-state index >= 15 is 0 Å². The Hall–Kier alpha value is -1.76. The van der Waals surface area contributed by atoms with E-state index in [-0.39, 0.29) is 30.4 Å². The molecule has 2 heterocycles. The van der Waals surface area contributed by atoms with Crippen LogP contribution in [0.1, 0.15) is 23.6 Å². The van der Waals surface area contributed by atoms with E-state index in [1.807, 2.05) is 12.4 Å². The summed E-state index contributed by atoms with van der Waals surface area (Å²) in [5, 5.41) is 12.9. The van der Waals surface area contributed by atoms with Gasteiger partial charge in [-0.15, -0.1) is 11.3 Å². The molecular weight excluding hydrogens is 310 g/mol. The Morgan fingerprint density at radius 3 is 2.74 bits per heavy atom. The first-order valence-electron chi connectivity index (χ1n) is 7.74. The maximum absolute atomic E-state index is 11.3. The van der Waals surface area contributed by atoms with Crippen LogP contribution in [-0.2, 0) is 4.79 Å². The first-order chi connectivity index (χ1) is 11.1. The lowest BCUT2D eigenvalue weighted by Crippen LogP contribution is -2.36. The van der Waals surface area contributed by atoms with Gasteiger partial charge in [0.25, 0.3) is 0 Å². The molecule has 0 spiro atoms. The van der Waals surface area contributed by atoms with E-state index in [2.05, 4.69) is 34.6 Å². The summed E-state index contributed by atoms with van der Waals surface area (Å²) in [5.74, 6) is -0.0860. The van der Waals surface area contributed by atoms with Gasteiger partial charge in [-0.3, -0.25) is 4.79 Å². The molecule has 1 saturated heterocycles. The number of rotatable bonds is 5. The van der Waals surface area contributed by atoms with Crippen molar-refractivity contribution in [2.75, 3.05) is 13.2 Å². The first-order valence-corrected chi connectivity index (χ1v) is 8.62. The van der Waals surface area contributed by atoms with Crippen molar-refractivity contribution in [2.45, 2.75) is 25.3 Å². The maximum Gasteiger partial charge on any atom is 0.234 e. The summed E-state index contributed by atoms with van der Waals surface area (Å²) in [5.41, 5.74) is 10.5. The predicted molar refractivity (Wildman–Crippen MR) is 91.2 cm³/mol. The number of hydrogen-bond acceptors (Lipinski definition) is 5. The molecule has 5 nitrogen and oxygen atoms in total. The molecule has 0 radical (unpaired) electrons. The van der Waals surface area contributed by atoms with Crippen molar-refractivity contribution in [1.82, 2.24) is 10.3 Å². The Labute approximate surface area is 139 Å². The van der Waals surface area contributed by atoms with E-state index in [1.54, 1.807) is 11.3 Å². The van der Waals surface area contributed by atoms with Gasteiger partial charge in [-0.05, 0) is 36.9 Å². The summed E-state index contributed by atoms with van der Waals surface area (Å²) in [6.45, 7) is 2.77. The minimum Gasteiger partial charge on any atom is -0.396 e. The summed E-state index contributed by atoms with van der Waals surface area (Å²) in [7, 11) is 0. The molecule has 1 aromatic carbocycles. The number of nitrogens with zero attached hydrogens (tertiary/aromatic N) is 1. The molecule has 2 aromatic rings. The molecule has 0 unspecified atom stereocenters. The van der Waals surface area contributed by atoms with Gasteiger partial charge in [0.05, 0.1) is 28.7 Å². The average Bonchev–Trinajstić information content (AvgIpc) is 3.18. The number of aromatic nitrogens is 1. The number of aryl methyl sites for hydroxylation is 1. The van der Waals surface area contributed by atoms with E-state index in [0.717, 1.165) is 16.8 Å². The zero-order chi connectivity index (χ0) is 16.4. The molecule has 0 saturated carbocycles. The van der Waals surface area contributed by atoms with Gasteiger partial charge in [0.2, 0.25) is 5.91 Å². The molecule has 4 N–H and O–H groups in total. The Kier molecular flexibility index (Phi) is 4.75. The third-order valence-corrected chi connectivity index (χ3v) is 5.60. The Morgan fingerprint density at radius 1 is 1.48 bits per heavy atom. The second kappa shape index (κ2) is 6.78. The Morgan fingerprint density at radius 2 is 2.22 bits per heavy atom. The van der Waals surface area contributed by atoms with Crippen LogP contribution in [0.4, 0.5) is 0 Å². The normalized spacial score (nSPS) is 22.2. The quantitative estimate of drug-likeness (QED) is 0.777. The summed E-state index contributed by atoms with van der Waals surface area (Å²) >= 11 is 1.63. The molecule has 122 valence electrons. The molecule has 3 atom stereocenters. The van der Waals surface area contributed by atoms with E-state index in [1.165, 1.54) is 4.88 Å². The van der Waals surface area contributed by atoms with Crippen LogP contribution < -0.4 is 11.1 Å². The van der Waals surface area contributed by atoms with Gasteiger partial charge in [-0.2, -0.15) is 0 Å². The highest BCUT2D eigenvalue weighted by molar-refractivity contribution is 7.13. The highest BCUT2D eigenvalue weighted by Gasteiger charge is 2.33. The molecule has 0 bridgehead atoms. The van der Waals surface area contributed by atoms with Crippen LogP contribution in [0.2, 0.25) is 0 Å². The number of thiazole rings is 1. The van der Waals surface area contributed by atoms with Crippen molar-refractivity contribution >= 4 is 17.2 Å². The fraction of sp³-hybridized carbons (Fsp3) is 0.412. The minimum atomic E-state index is -0.319. The van der Waals surface area contributed by atoms with Gasteiger partial charge in [0.1, 0.15) is 0 Å². The number of benzene rings is 1. The number of aliphatic hydroxyl groups is 1.